The summed E-state index contributed by atoms with van der Waals surface area (Å²) < 4.78 is 0. The van der Waals surface area contributed by atoms with E-state index in [1.807, 2.05) is 19.1 Å². The third kappa shape index (κ3) is 0.997. The van der Waals surface area contributed by atoms with E-state index in [1.165, 1.54) is 0 Å². The van der Waals surface area contributed by atoms with Crippen LogP contribution in [-0.2, 0) is 9.59 Å². The van der Waals surface area contributed by atoms with Gasteiger partial charge in [0.1, 0.15) is 0 Å². The first-order valence-electron chi connectivity index (χ1n) is 4.61. The predicted octanol–water partition coefficient (Wildman–Crippen LogP) is 0.984. The second kappa shape index (κ2) is 2.59. The highest BCUT2D eigenvalue weighted by molar-refractivity contribution is 5.83. The molecule has 0 heterocycles. The molecule has 0 aromatic rings. The van der Waals surface area contributed by atoms with E-state index in [2.05, 4.69) is 0 Å². The Morgan fingerprint density at radius 1 is 1.36 bits per heavy atom. The zero-order chi connectivity index (χ0) is 10.5. The van der Waals surface area contributed by atoms with Gasteiger partial charge in [0, 0.05) is 5.41 Å². The normalized spacial score (nSPS) is 44.2. The molecule has 0 spiro atoms. The third-order valence-electron chi connectivity index (χ3n) is 3.48. The zero-order valence-corrected chi connectivity index (χ0v) is 7.80. The standard InChI is InChI=1S/C10H12O4/c1-10-3-2-5(4-10)6(8(11)12)7(10)9(13)14/h2-3,5-7H,4H2,1H3,(H,11,12)(H,13,14)/t5-,6?,7?,10+/m1/s1. The highest BCUT2D eigenvalue weighted by atomic mass is 16.4. The van der Waals surface area contributed by atoms with E-state index in [-0.39, 0.29) is 5.92 Å². The number of rotatable bonds is 2. The van der Waals surface area contributed by atoms with Crippen molar-refractivity contribution in [3.63, 3.8) is 0 Å². The van der Waals surface area contributed by atoms with Crippen molar-refractivity contribution < 1.29 is 19.8 Å². The second-order valence-corrected chi connectivity index (χ2v) is 4.41. The molecule has 14 heavy (non-hydrogen) atoms. The second-order valence-electron chi connectivity index (χ2n) is 4.41. The van der Waals surface area contributed by atoms with Crippen molar-refractivity contribution in [3.8, 4) is 0 Å². The Morgan fingerprint density at radius 2 is 2.00 bits per heavy atom. The molecule has 0 saturated heterocycles. The molecule has 2 aliphatic carbocycles. The van der Waals surface area contributed by atoms with E-state index < -0.39 is 29.2 Å². The van der Waals surface area contributed by atoms with Gasteiger partial charge in [-0.2, -0.15) is 0 Å². The first kappa shape index (κ1) is 9.24. The molecular formula is C10H12O4. The van der Waals surface area contributed by atoms with Crippen LogP contribution < -0.4 is 0 Å². The Balaban J connectivity index is 2.41. The lowest BCUT2D eigenvalue weighted by Gasteiger charge is -2.27. The van der Waals surface area contributed by atoms with E-state index in [1.54, 1.807) is 0 Å². The molecular weight excluding hydrogens is 184 g/mol. The van der Waals surface area contributed by atoms with Crippen LogP contribution in [-0.4, -0.2) is 22.2 Å². The highest BCUT2D eigenvalue weighted by Crippen LogP contribution is 2.56. The third-order valence-corrected chi connectivity index (χ3v) is 3.48. The Morgan fingerprint density at radius 3 is 2.43 bits per heavy atom. The average Bonchev–Trinajstić information content (AvgIpc) is 2.55. The van der Waals surface area contributed by atoms with Crippen LogP contribution in [0.5, 0.6) is 0 Å². The molecule has 2 bridgehead atoms. The summed E-state index contributed by atoms with van der Waals surface area (Å²) >= 11 is 0. The summed E-state index contributed by atoms with van der Waals surface area (Å²) in [6.07, 6.45) is 4.36. The van der Waals surface area contributed by atoms with Gasteiger partial charge in [-0.05, 0) is 12.3 Å². The van der Waals surface area contributed by atoms with Crippen LogP contribution in [0.3, 0.4) is 0 Å². The number of fused-ring (bicyclic) bond motifs is 2. The maximum absolute atomic E-state index is 11.0. The van der Waals surface area contributed by atoms with Crippen LogP contribution in [0.4, 0.5) is 0 Å². The lowest BCUT2D eigenvalue weighted by Crippen LogP contribution is -2.36. The summed E-state index contributed by atoms with van der Waals surface area (Å²) in [5, 5.41) is 18.0. The lowest BCUT2D eigenvalue weighted by atomic mass is 9.75. The lowest BCUT2D eigenvalue weighted by molar-refractivity contribution is -0.155. The van der Waals surface area contributed by atoms with Gasteiger partial charge in [-0.25, -0.2) is 0 Å². The summed E-state index contributed by atoms with van der Waals surface area (Å²) in [6, 6.07) is 0. The number of hydrogen-bond acceptors (Lipinski definition) is 2. The molecule has 2 N–H and O–H groups in total. The van der Waals surface area contributed by atoms with Gasteiger partial charge in [-0.3, -0.25) is 9.59 Å². The molecule has 0 aromatic heterocycles. The fourth-order valence-electron chi connectivity index (χ4n) is 2.88. The molecule has 2 unspecified atom stereocenters. The van der Waals surface area contributed by atoms with Crippen molar-refractivity contribution in [1.82, 2.24) is 0 Å². The van der Waals surface area contributed by atoms with Crippen LogP contribution >= 0.6 is 0 Å². The van der Waals surface area contributed by atoms with E-state index >= 15 is 0 Å². The summed E-state index contributed by atoms with van der Waals surface area (Å²) in [5.41, 5.74) is -0.459. The largest absolute Gasteiger partial charge is 0.481 e. The highest BCUT2D eigenvalue weighted by Gasteiger charge is 2.58. The molecule has 0 amide bonds. The van der Waals surface area contributed by atoms with E-state index in [0.29, 0.717) is 6.42 Å². The molecule has 4 nitrogen and oxygen atoms in total. The number of carboxylic acid groups (broad SMARTS) is 2. The van der Waals surface area contributed by atoms with Gasteiger partial charge in [0.05, 0.1) is 11.8 Å². The number of carboxylic acids is 2. The van der Waals surface area contributed by atoms with Gasteiger partial charge in [0.2, 0.25) is 0 Å². The van der Waals surface area contributed by atoms with Gasteiger partial charge in [0.25, 0.3) is 0 Å². The fourth-order valence-corrected chi connectivity index (χ4v) is 2.88. The van der Waals surface area contributed by atoms with Crippen LogP contribution in [0, 0.1) is 23.2 Å². The zero-order valence-electron chi connectivity index (χ0n) is 7.80. The van der Waals surface area contributed by atoms with Gasteiger partial charge in [-0.1, -0.05) is 19.1 Å². The molecule has 0 aliphatic heterocycles. The summed E-state index contributed by atoms with van der Waals surface area (Å²) in [4.78, 5) is 22.0. The minimum absolute atomic E-state index is 0.0985. The topological polar surface area (TPSA) is 74.6 Å². The van der Waals surface area contributed by atoms with E-state index in [9.17, 15) is 9.59 Å². The fraction of sp³-hybridized carbons (Fsp3) is 0.600. The number of carbonyl (C=O) groups is 2. The summed E-state index contributed by atoms with van der Waals surface area (Å²) in [7, 11) is 0. The smallest absolute Gasteiger partial charge is 0.308 e. The Bertz CT molecular complexity index is 333. The number of aliphatic carboxylic acids is 2. The van der Waals surface area contributed by atoms with Gasteiger partial charge in [0.15, 0.2) is 0 Å². The number of allylic oxidation sites excluding steroid dienone is 2. The van der Waals surface area contributed by atoms with E-state index in [0.717, 1.165) is 0 Å². The van der Waals surface area contributed by atoms with Crippen molar-refractivity contribution in [2.75, 3.05) is 0 Å². The molecule has 2 rings (SSSR count). The minimum atomic E-state index is -0.994. The predicted molar refractivity (Wildman–Crippen MR) is 47.6 cm³/mol. The van der Waals surface area contributed by atoms with Crippen LogP contribution in [0.2, 0.25) is 0 Å². The quantitative estimate of drug-likeness (QED) is 0.646. The molecule has 4 heteroatoms. The van der Waals surface area contributed by atoms with Crippen LogP contribution in [0.15, 0.2) is 12.2 Å². The maximum atomic E-state index is 11.0. The summed E-state index contributed by atoms with van der Waals surface area (Å²) in [5.74, 6) is -3.60. The maximum Gasteiger partial charge on any atom is 0.308 e. The van der Waals surface area contributed by atoms with E-state index in [4.69, 9.17) is 10.2 Å². The van der Waals surface area contributed by atoms with Crippen molar-refractivity contribution in [2.45, 2.75) is 13.3 Å². The molecule has 76 valence electrons. The van der Waals surface area contributed by atoms with Crippen molar-refractivity contribution >= 4 is 11.9 Å². The van der Waals surface area contributed by atoms with Gasteiger partial charge < -0.3 is 10.2 Å². The van der Waals surface area contributed by atoms with Crippen molar-refractivity contribution in [3.05, 3.63) is 12.2 Å². The van der Waals surface area contributed by atoms with Crippen molar-refractivity contribution in [2.24, 2.45) is 23.2 Å². The van der Waals surface area contributed by atoms with Crippen LogP contribution in [0.1, 0.15) is 13.3 Å². The average molecular weight is 196 g/mol. The summed E-state index contributed by atoms with van der Waals surface area (Å²) in [6.45, 7) is 1.82. The number of hydrogen-bond donors (Lipinski definition) is 2. The Hall–Kier alpha value is -1.32. The molecule has 4 atom stereocenters. The SMILES string of the molecule is C[C@]12C=C[C@H](C1)C(C(=O)O)C2C(=O)O. The Kier molecular flexibility index (Phi) is 1.71. The first-order valence-corrected chi connectivity index (χ1v) is 4.61. The Labute approximate surface area is 81.2 Å². The van der Waals surface area contributed by atoms with Gasteiger partial charge in [-0.15, -0.1) is 0 Å². The van der Waals surface area contributed by atoms with Crippen molar-refractivity contribution in [1.29, 1.82) is 0 Å². The van der Waals surface area contributed by atoms with Gasteiger partial charge >= 0.3 is 11.9 Å². The van der Waals surface area contributed by atoms with Crippen LogP contribution in [0.25, 0.3) is 0 Å². The molecule has 1 fully saturated rings. The monoisotopic (exact) mass is 196 g/mol. The molecule has 0 radical (unpaired) electrons. The molecule has 2 aliphatic rings. The molecule has 0 aromatic carbocycles. The molecule has 1 saturated carbocycles. The minimum Gasteiger partial charge on any atom is -0.481 e. The first-order chi connectivity index (χ1) is 6.46.